The molecular formula is C16H22ClN3O. The predicted octanol–water partition coefficient (Wildman–Crippen LogP) is 2.33. The molecule has 2 aliphatic heterocycles. The van der Waals surface area contributed by atoms with Crippen LogP contribution in [0, 0.1) is 0 Å². The summed E-state index contributed by atoms with van der Waals surface area (Å²) in [5.41, 5.74) is 1.37. The van der Waals surface area contributed by atoms with Gasteiger partial charge in [-0.2, -0.15) is 0 Å². The summed E-state index contributed by atoms with van der Waals surface area (Å²) in [4.78, 5) is 4.49. The van der Waals surface area contributed by atoms with Crippen LogP contribution in [0.15, 0.2) is 29.3 Å². The van der Waals surface area contributed by atoms with Crippen LogP contribution in [-0.2, 0) is 10.2 Å². The molecule has 1 aromatic carbocycles. The molecule has 2 N–H and O–H groups in total. The van der Waals surface area contributed by atoms with E-state index in [2.05, 4.69) is 27.8 Å². The number of benzene rings is 1. The predicted molar refractivity (Wildman–Crippen MR) is 86.1 cm³/mol. The van der Waals surface area contributed by atoms with Crippen molar-refractivity contribution in [3.05, 3.63) is 34.9 Å². The van der Waals surface area contributed by atoms with Gasteiger partial charge in [-0.15, -0.1) is 0 Å². The van der Waals surface area contributed by atoms with Gasteiger partial charge in [-0.25, -0.2) is 0 Å². The SMILES string of the molecule is Clc1cccc(C2(CNC3=NCCCN3)CCOCC2)c1. The maximum Gasteiger partial charge on any atom is 0.191 e. The van der Waals surface area contributed by atoms with Gasteiger partial charge < -0.3 is 15.4 Å². The minimum absolute atomic E-state index is 0.0742. The first kappa shape index (κ1) is 14.7. The fourth-order valence-electron chi connectivity index (χ4n) is 3.05. The fourth-order valence-corrected chi connectivity index (χ4v) is 3.24. The normalized spacial score (nSPS) is 21.3. The number of ether oxygens (including phenoxy) is 1. The lowest BCUT2D eigenvalue weighted by Crippen LogP contribution is -2.49. The van der Waals surface area contributed by atoms with Gasteiger partial charge >= 0.3 is 0 Å². The van der Waals surface area contributed by atoms with E-state index in [-0.39, 0.29) is 5.41 Å². The van der Waals surface area contributed by atoms with Crippen molar-refractivity contribution in [3.63, 3.8) is 0 Å². The molecule has 114 valence electrons. The van der Waals surface area contributed by atoms with Crippen molar-refractivity contribution in [2.75, 3.05) is 32.8 Å². The zero-order chi connectivity index (χ0) is 14.5. The van der Waals surface area contributed by atoms with Crippen LogP contribution in [0.4, 0.5) is 0 Å². The first-order chi connectivity index (χ1) is 10.3. The molecule has 2 heterocycles. The van der Waals surface area contributed by atoms with Crippen LogP contribution in [-0.4, -0.2) is 38.8 Å². The maximum atomic E-state index is 6.19. The Morgan fingerprint density at radius 1 is 1.33 bits per heavy atom. The highest BCUT2D eigenvalue weighted by Crippen LogP contribution is 2.35. The van der Waals surface area contributed by atoms with Crippen molar-refractivity contribution < 1.29 is 4.74 Å². The summed E-state index contributed by atoms with van der Waals surface area (Å²) >= 11 is 6.19. The summed E-state index contributed by atoms with van der Waals surface area (Å²) in [5, 5.41) is 7.61. The van der Waals surface area contributed by atoms with E-state index in [0.29, 0.717) is 0 Å². The van der Waals surface area contributed by atoms with E-state index >= 15 is 0 Å². The first-order valence-electron chi connectivity index (χ1n) is 7.65. The second-order valence-corrected chi connectivity index (χ2v) is 6.20. The van der Waals surface area contributed by atoms with Crippen molar-refractivity contribution in [2.24, 2.45) is 4.99 Å². The van der Waals surface area contributed by atoms with Crippen LogP contribution in [0.1, 0.15) is 24.8 Å². The van der Waals surface area contributed by atoms with Crippen LogP contribution in [0.5, 0.6) is 0 Å². The highest BCUT2D eigenvalue weighted by Gasteiger charge is 2.34. The third-order valence-electron chi connectivity index (χ3n) is 4.38. The largest absolute Gasteiger partial charge is 0.381 e. The van der Waals surface area contributed by atoms with Crippen molar-refractivity contribution in [1.82, 2.24) is 10.6 Å². The quantitative estimate of drug-likeness (QED) is 0.901. The maximum absolute atomic E-state index is 6.19. The van der Waals surface area contributed by atoms with E-state index in [4.69, 9.17) is 16.3 Å². The number of hydrogen-bond acceptors (Lipinski definition) is 4. The van der Waals surface area contributed by atoms with Crippen LogP contribution in [0.2, 0.25) is 5.02 Å². The van der Waals surface area contributed by atoms with Crippen molar-refractivity contribution in [1.29, 1.82) is 0 Å². The molecule has 0 amide bonds. The van der Waals surface area contributed by atoms with Gasteiger partial charge in [-0.3, -0.25) is 4.99 Å². The average molecular weight is 308 g/mol. The van der Waals surface area contributed by atoms with Crippen LogP contribution in [0.25, 0.3) is 0 Å². The van der Waals surface area contributed by atoms with Gasteiger partial charge in [0.15, 0.2) is 5.96 Å². The molecular weight excluding hydrogens is 286 g/mol. The Hall–Kier alpha value is -1.26. The molecule has 0 spiro atoms. The molecule has 0 unspecified atom stereocenters. The first-order valence-corrected chi connectivity index (χ1v) is 8.02. The van der Waals surface area contributed by atoms with Crippen LogP contribution < -0.4 is 10.6 Å². The monoisotopic (exact) mass is 307 g/mol. The summed E-state index contributed by atoms with van der Waals surface area (Å²) in [7, 11) is 0. The van der Waals surface area contributed by atoms with Crippen LogP contribution in [0.3, 0.4) is 0 Å². The van der Waals surface area contributed by atoms with E-state index in [9.17, 15) is 0 Å². The Balaban J connectivity index is 1.78. The second kappa shape index (κ2) is 6.67. The zero-order valence-corrected chi connectivity index (χ0v) is 13.0. The third-order valence-corrected chi connectivity index (χ3v) is 4.61. The van der Waals surface area contributed by atoms with Gasteiger partial charge in [-0.05, 0) is 37.0 Å². The molecule has 4 nitrogen and oxygen atoms in total. The number of halogens is 1. The Labute approximate surface area is 130 Å². The standard InChI is InChI=1S/C16H22ClN3O/c17-14-4-1-3-13(11-14)16(5-9-21-10-6-16)12-20-15-18-7-2-8-19-15/h1,3-4,11H,2,5-10,12H2,(H2,18,19,20). The van der Waals surface area contributed by atoms with Gasteiger partial charge in [0, 0.05) is 43.3 Å². The van der Waals surface area contributed by atoms with Gasteiger partial charge in [-0.1, -0.05) is 23.7 Å². The Morgan fingerprint density at radius 3 is 2.90 bits per heavy atom. The van der Waals surface area contributed by atoms with Gasteiger partial charge in [0.05, 0.1) is 0 Å². The lowest BCUT2D eigenvalue weighted by Gasteiger charge is -2.38. The summed E-state index contributed by atoms with van der Waals surface area (Å²) in [5.74, 6) is 0.925. The number of aliphatic imine (C=N–C) groups is 1. The van der Waals surface area contributed by atoms with Crippen molar-refractivity contribution >= 4 is 17.6 Å². The van der Waals surface area contributed by atoms with E-state index < -0.39 is 0 Å². The van der Waals surface area contributed by atoms with E-state index in [1.807, 2.05) is 12.1 Å². The highest BCUT2D eigenvalue weighted by molar-refractivity contribution is 6.30. The molecule has 0 radical (unpaired) electrons. The van der Waals surface area contributed by atoms with Crippen molar-refractivity contribution in [3.8, 4) is 0 Å². The van der Waals surface area contributed by atoms with E-state index in [0.717, 1.165) is 63.1 Å². The summed E-state index contributed by atoms with van der Waals surface area (Å²) in [6, 6.07) is 8.23. The van der Waals surface area contributed by atoms with Gasteiger partial charge in [0.25, 0.3) is 0 Å². The molecule has 0 bridgehead atoms. The average Bonchev–Trinajstić information content (AvgIpc) is 2.55. The highest BCUT2D eigenvalue weighted by atomic mass is 35.5. The minimum Gasteiger partial charge on any atom is -0.381 e. The van der Waals surface area contributed by atoms with E-state index in [1.54, 1.807) is 0 Å². The van der Waals surface area contributed by atoms with Crippen LogP contribution >= 0.6 is 11.6 Å². The molecule has 1 fully saturated rings. The third kappa shape index (κ3) is 3.50. The molecule has 0 saturated carbocycles. The number of nitrogens with zero attached hydrogens (tertiary/aromatic N) is 1. The topological polar surface area (TPSA) is 45.7 Å². The molecule has 0 aromatic heterocycles. The molecule has 1 aromatic rings. The lowest BCUT2D eigenvalue weighted by atomic mass is 9.74. The van der Waals surface area contributed by atoms with Gasteiger partial charge in [0.2, 0.25) is 0 Å². The number of guanidine groups is 1. The molecule has 2 aliphatic rings. The van der Waals surface area contributed by atoms with Crippen molar-refractivity contribution in [2.45, 2.75) is 24.7 Å². The Morgan fingerprint density at radius 2 is 2.19 bits per heavy atom. The fraction of sp³-hybridized carbons (Fsp3) is 0.562. The smallest absolute Gasteiger partial charge is 0.191 e. The Bertz CT molecular complexity index is 512. The molecule has 3 rings (SSSR count). The number of nitrogens with one attached hydrogen (secondary N) is 2. The second-order valence-electron chi connectivity index (χ2n) is 5.77. The molecule has 0 atom stereocenters. The Kier molecular flexibility index (Phi) is 4.66. The van der Waals surface area contributed by atoms with Gasteiger partial charge in [0.1, 0.15) is 0 Å². The minimum atomic E-state index is 0.0742. The summed E-state index contributed by atoms with van der Waals surface area (Å²) < 4.78 is 5.56. The zero-order valence-electron chi connectivity index (χ0n) is 12.2. The molecule has 1 saturated heterocycles. The lowest BCUT2D eigenvalue weighted by molar-refractivity contribution is 0.0513. The summed E-state index contributed by atoms with van der Waals surface area (Å²) in [6.45, 7) is 4.37. The molecule has 21 heavy (non-hydrogen) atoms. The summed E-state index contributed by atoms with van der Waals surface area (Å²) in [6.07, 6.45) is 3.12. The van der Waals surface area contributed by atoms with E-state index in [1.165, 1.54) is 5.56 Å². The molecule has 0 aliphatic carbocycles. The number of rotatable bonds is 3. The molecule has 5 heteroatoms. The number of hydrogen-bond donors (Lipinski definition) is 2.